The molecule has 1 unspecified atom stereocenters. The van der Waals surface area contributed by atoms with Crippen LogP contribution in [-0.2, 0) is 14.6 Å². The second-order valence-electron chi connectivity index (χ2n) is 4.83. The fourth-order valence-corrected chi connectivity index (χ4v) is 6.79. The van der Waals surface area contributed by atoms with Crippen molar-refractivity contribution < 1.29 is 13.2 Å². The third-order valence-corrected chi connectivity index (χ3v) is 7.66. The quantitative estimate of drug-likeness (QED) is 0.494. The Morgan fingerprint density at radius 3 is 2.41 bits per heavy atom. The maximum atomic E-state index is 11.6. The standard InChI is InChI=1S/C11H20Br2O3S/c1-16-5-2-4-11(8-12,9-13)10-3-6-17(14,15)7-10/h10H,2-9H2,1H3. The highest BCUT2D eigenvalue weighted by atomic mass is 79.9. The number of hydrogen-bond acceptors (Lipinski definition) is 3. The largest absolute Gasteiger partial charge is 0.385 e. The summed E-state index contributed by atoms with van der Waals surface area (Å²) >= 11 is 7.13. The lowest BCUT2D eigenvalue weighted by Gasteiger charge is -2.35. The first kappa shape index (κ1) is 15.9. The average molecular weight is 392 g/mol. The first-order valence-electron chi connectivity index (χ1n) is 5.81. The Bertz CT molecular complexity index is 326. The van der Waals surface area contributed by atoms with Crippen LogP contribution in [-0.4, -0.2) is 44.3 Å². The zero-order chi connectivity index (χ0) is 12.9. The smallest absolute Gasteiger partial charge is 0.150 e. The summed E-state index contributed by atoms with van der Waals surface area (Å²) in [5.41, 5.74) is 0.0438. The van der Waals surface area contributed by atoms with Crippen molar-refractivity contribution in [1.82, 2.24) is 0 Å². The van der Waals surface area contributed by atoms with E-state index in [1.807, 2.05) is 0 Å². The first-order valence-corrected chi connectivity index (χ1v) is 9.87. The van der Waals surface area contributed by atoms with E-state index in [-0.39, 0.29) is 11.3 Å². The van der Waals surface area contributed by atoms with E-state index in [9.17, 15) is 8.42 Å². The highest BCUT2D eigenvalue weighted by Crippen LogP contribution is 2.42. The van der Waals surface area contributed by atoms with Crippen LogP contribution in [0.25, 0.3) is 0 Å². The van der Waals surface area contributed by atoms with Gasteiger partial charge in [-0.05, 0) is 30.6 Å². The topological polar surface area (TPSA) is 43.4 Å². The number of alkyl halides is 2. The normalized spacial score (nSPS) is 24.1. The van der Waals surface area contributed by atoms with Gasteiger partial charge in [0.1, 0.15) is 0 Å². The minimum absolute atomic E-state index is 0.0438. The second-order valence-corrected chi connectivity index (χ2v) is 8.18. The molecule has 0 aromatic heterocycles. The second kappa shape index (κ2) is 6.87. The maximum absolute atomic E-state index is 11.6. The third kappa shape index (κ3) is 4.18. The molecule has 0 spiro atoms. The highest BCUT2D eigenvalue weighted by Gasteiger charge is 2.42. The summed E-state index contributed by atoms with van der Waals surface area (Å²) in [6.07, 6.45) is 2.77. The van der Waals surface area contributed by atoms with Crippen molar-refractivity contribution in [2.24, 2.45) is 11.3 Å². The van der Waals surface area contributed by atoms with Crippen molar-refractivity contribution in [3.63, 3.8) is 0 Å². The predicted octanol–water partition coefficient (Wildman–Crippen LogP) is 2.62. The molecule has 1 fully saturated rings. The van der Waals surface area contributed by atoms with Gasteiger partial charge < -0.3 is 4.74 Å². The van der Waals surface area contributed by atoms with Crippen LogP contribution in [0.2, 0.25) is 0 Å². The summed E-state index contributed by atoms with van der Waals surface area (Å²) in [5, 5.41) is 1.68. The summed E-state index contributed by atoms with van der Waals surface area (Å²) in [6.45, 7) is 0.737. The van der Waals surface area contributed by atoms with E-state index in [0.29, 0.717) is 11.5 Å². The molecule has 102 valence electrons. The van der Waals surface area contributed by atoms with Crippen LogP contribution in [0, 0.1) is 11.3 Å². The monoisotopic (exact) mass is 390 g/mol. The molecule has 0 aliphatic carbocycles. The summed E-state index contributed by atoms with van der Waals surface area (Å²) < 4.78 is 28.3. The van der Waals surface area contributed by atoms with Crippen LogP contribution in [0.4, 0.5) is 0 Å². The van der Waals surface area contributed by atoms with Crippen molar-refractivity contribution in [1.29, 1.82) is 0 Å². The number of methoxy groups -OCH3 is 1. The van der Waals surface area contributed by atoms with E-state index >= 15 is 0 Å². The van der Waals surface area contributed by atoms with Gasteiger partial charge in [0.05, 0.1) is 11.5 Å². The van der Waals surface area contributed by atoms with Gasteiger partial charge in [-0.25, -0.2) is 8.42 Å². The molecule has 0 N–H and O–H groups in total. The molecule has 1 heterocycles. The van der Waals surface area contributed by atoms with Crippen LogP contribution in [0.1, 0.15) is 19.3 Å². The molecule has 0 aromatic rings. The Morgan fingerprint density at radius 1 is 1.35 bits per heavy atom. The number of halogens is 2. The molecule has 0 saturated carbocycles. The van der Waals surface area contributed by atoms with Crippen LogP contribution in [0.15, 0.2) is 0 Å². The lowest BCUT2D eigenvalue weighted by atomic mass is 9.75. The molecule has 1 saturated heterocycles. The van der Waals surface area contributed by atoms with Gasteiger partial charge in [0.2, 0.25) is 0 Å². The van der Waals surface area contributed by atoms with E-state index < -0.39 is 9.84 Å². The molecule has 1 rings (SSSR count). The van der Waals surface area contributed by atoms with Gasteiger partial charge in [0.15, 0.2) is 9.84 Å². The van der Waals surface area contributed by atoms with Crippen LogP contribution in [0.5, 0.6) is 0 Å². The van der Waals surface area contributed by atoms with Crippen LogP contribution in [0.3, 0.4) is 0 Å². The van der Waals surface area contributed by atoms with Gasteiger partial charge in [-0.2, -0.15) is 0 Å². The molecular formula is C11H20Br2O3S. The zero-order valence-electron chi connectivity index (χ0n) is 10.1. The Hall–Kier alpha value is 0.870. The van der Waals surface area contributed by atoms with Crippen LogP contribution >= 0.6 is 31.9 Å². The van der Waals surface area contributed by atoms with Gasteiger partial charge in [-0.15, -0.1) is 0 Å². The summed E-state index contributed by atoms with van der Waals surface area (Å²) in [4.78, 5) is 0. The van der Waals surface area contributed by atoms with Gasteiger partial charge in [0.25, 0.3) is 0 Å². The predicted molar refractivity (Wildman–Crippen MR) is 77.9 cm³/mol. The Morgan fingerprint density at radius 2 is 2.00 bits per heavy atom. The minimum atomic E-state index is -2.80. The molecule has 0 bridgehead atoms. The van der Waals surface area contributed by atoms with E-state index in [1.165, 1.54) is 0 Å². The summed E-state index contributed by atoms with van der Waals surface area (Å²) in [6, 6.07) is 0. The Balaban J connectivity index is 2.70. The number of hydrogen-bond donors (Lipinski definition) is 0. The molecule has 17 heavy (non-hydrogen) atoms. The molecule has 1 atom stereocenters. The Kier molecular flexibility index (Phi) is 6.44. The third-order valence-electron chi connectivity index (χ3n) is 3.65. The van der Waals surface area contributed by atoms with Gasteiger partial charge in [-0.3, -0.25) is 0 Å². The average Bonchev–Trinajstić information content (AvgIpc) is 2.66. The lowest BCUT2D eigenvalue weighted by Crippen LogP contribution is -2.35. The summed E-state index contributed by atoms with van der Waals surface area (Å²) in [7, 11) is -1.10. The molecular weight excluding hydrogens is 372 g/mol. The van der Waals surface area contributed by atoms with E-state index in [0.717, 1.165) is 36.5 Å². The van der Waals surface area contributed by atoms with Gasteiger partial charge in [-0.1, -0.05) is 31.9 Å². The molecule has 3 nitrogen and oxygen atoms in total. The molecule has 1 aliphatic rings. The van der Waals surface area contributed by atoms with Crippen molar-refractivity contribution in [3.05, 3.63) is 0 Å². The highest BCUT2D eigenvalue weighted by molar-refractivity contribution is 9.09. The lowest BCUT2D eigenvalue weighted by molar-refractivity contribution is 0.159. The van der Waals surface area contributed by atoms with E-state index in [2.05, 4.69) is 31.9 Å². The molecule has 0 aromatic carbocycles. The first-order chi connectivity index (χ1) is 7.99. The summed E-state index contributed by atoms with van der Waals surface area (Å²) in [5.74, 6) is 0.962. The van der Waals surface area contributed by atoms with E-state index in [4.69, 9.17) is 4.74 Å². The maximum Gasteiger partial charge on any atom is 0.150 e. The van der Waals surface area contributed by atoms with Crippen molar-refractivity contribution in [3.8, 4) is 0 Å². The zero-order valence-corrected chi connectivity index (χ0v) is 14.1. The number of rotatable bonds is 7. The Labute approximate surface area is 121 Å². The van der Waals surface area contributed by atoms with Crippen molar-refractivity contribution >= 4 is 41.7 Å². The number of ether oxygens (including phenoxy) is 1. The molecule has 6 heteroatoms. The fraction of sp³-hybridized carbons (Fsp3) is 1.00. The van der Waals surface area contributed by atoms with E-state index in [1.54, 1.807) is 7.11 Å². The van der Waals surface area contributed by atoms with Crippen LogP contribution < -0.4 is 0 Å². The SMILES string of the molecule is COCCCC(CBr)(CBr)C1CCS(=O)(=O)C1. The van der Waals surface area contributed by atoms with Gasteiger partial charge >= 0.3 is 0 Å². The van der Waals surface area contributed by atoms with Crippen molar-refractivity contribution in [2.75, 3.05) is 35.9 Å². The fourth-order valence-electron chi connectivity index (χ4n) is 2.44. The molecule has 0 amide bonds. The van der Waals surface area contributed by atoms with Gasteiger partial charge in [0, 0.05) is 24.4 Å². The minimum Gasteiger partial charge on any atom is -0.385 e. The molecule has 0 radical (unpaired) electrons. The van der Waals surface area contributed by atoms with Crippen molar-refractivity contribution in [2.45, 2.75) is 19.3 Å². The number of sulfone groups is 1. The molecule has 1 aliphatic heterocycles.